The minimum Gasteiger partial charge on any atom is -0.355 e. The van der Waals surface area contributed by atoms with Crippen molar-refractivity contribution in [2.24, 2.45) is 5.92 Å². The van der Waals surface area contributed by atoms with E-state index in [1.807, 2.05) is 4.90 Å². The molecule has 1 aliphatic heterocycles. The predicted molar refractivity (Wildman–Crippen MR) is 110 cm³/mol. The van der Waals surface area contributed by atoms with E-state index in [4.69, 9.17) is 11.6 Å². The van der Waals surface area contributed by atoms with E-state index in [2.05, 4.69) is 15.3 Å². The first kappa shape index (κ1) is 22.8. The predicted octanol–water partition coefficient (Wildman–Crippen LogP) is 3.46. The van der Waals surface area contributed by atoms with Crippen LogP contribution in [0.15, 0.2) is 36.8 Å². The monoisotopic (exact) mass is 455 g/mol. The zero-order valence-corrected chi connectivity index (χ0v) is 17.5. The van der Waals surface area contributed by atoms with Crippen LogP contribution >= 0.6 is 11.6 Å². The maximum Gasteiger partial charge on any atom is 0.417 e. The second-order valence-electron chi connectivity index (χ2n) is 7.28. The summed E-state index contributed by atoms with van der Waals surface area (Å²) in [6.07, 6.45) is 1.61. The van der Waals surface area contributed by atoms with Crippen molar-refractivity contribution in [1.29, 1.82) is 0 Å². The molecule has 1 saturated heterocycles. The highest BCUT2D eigenvalue weighted by molar-refractivity contribution is 6.31. The normalized spacial score (nSPS) is 16.7. The first-order valence-corrected chi connectivity index (χ1v) is 9.95. The lowest BCUT2D eigenvalue weighted by molar-refractivity contribution is -0.137. The highest BCUT2D eigenvalue weighted by Gasteiger charge is 2.34. The molecule has 0 spiro atoms. The number of aromatic nitrogens is 2. The van der Waals surface area contributed by atoms with Crippen molar-refractivity contribution in [3.8, 4) is 0 Å². The average molecular weight is 456 g/mol. The molecule has 1 fully saturated rings. The molecule has 0 saturated carbocycles. The van der Waals surface area contributed by atoms with Gasteiger partial charge in [0.2, 0.25) is 11.8 Å². The van der Waals surface area contributed by atoms with Crippen molar-refractivity contribution in [1.82, 2.24) is 14.9 Å². The van der Waals surface area contributed by atoms with Gasteiger partial charge >= 0.3 is 6.18 Å². The zero-order chi connectivity index (χ0) is 22.6. The smallest absolute Gasteiger partial charge is 0.355 e. The minimum atomic E-state index is -4.64. The number of halogens is 4. The summed E-state index contributed by atoms with van der Waals surface area (Å²) < 4.78 is 38.9. The summed E-state index contributed by atoms with van der Waals surface area (Å²) in [7, 11) is 1.49. The van der Waals surface area contributed by atoms with Crippen LogP contribution in [-0.4, -0.2) is 53.4 Å². The number of piperidine rings is 1. The summed E-state index contributed by atoms with van der Waals surface area (Å²) in [5.41, 5.74) is -1.09. The van der Waals surface area contributed by atoms with Crippen LogP contribution in [0.5, 0.6) is 0 Å². The molecule has 7 nitrogen and oxygen atoms in total. The number of hydrogen-bond donors (Lipinski definition) is 1. The van der Waals surface area contributed by atoms with Gasteiger partial charge in [-0.1, -0.05) is 11.6 Å². The van der Waals surface area contributed by atoms with Gasteiger partial charge in [0.15, 0.2) is 0 Å². The number of alkyl halides is 3. The Bertz CT molecular complexity index is 942. The van der Waals surface area contributed by atoms with Gasteiger partial charge < -0.3 is 15.1 Å². The molecule has 166 valence electrons. The molecular weight excluding hydrogens is 435 g/mol. The molecule has 2 heterocycles. The highest BCUT2D eigenvalue weighted by Crippen LogP contribution is 2.36. The van der Waals surface area contributed by atoms with E-state index >= 15 is 0 Å². The van der Waals surface area contributed by atoms with Crippen LogP contribution in [-0.2, 0) is 15.8 Å². The van der Waals surface area contributed by atoms with Crippen molar-refractivity contribution >= 4 is 34.9 Å². The number of amides is 2. The number of nitrogens with one attached hydrogen (secondary N) is 1. The van der Waals surface area contributed by atoms with Gasteiger partial charge in [0.25, 0.3) is 0 Å². The summed E-state index contributed by atoms with van der Waals surface area (Å²) in [4.78, 5) is 36.6. The van der Waals surface area contributed by atoms with Crippen LogP contribution in [0.4, 0.5) is 24.7 Å². The van der Waals surface area contributed by atoms with Gasteiger partial charge in [0.05, 0.1) is 29.2 Å². The molecule has 1 aromatic heterocycles. The topological polar surface area (TPSA) is 78.4 Å². The molecule has 3 rings (SSSR count). The van der Waals surface area contributed by atoms with Crippen molar-refractivity contribution < 1.29 is 22.8 Å². The molecule has 0 bridgehead atoms. The number of nitrogens with zero attached hydrogens (tertiary/aromatic N) is 4. The van der Waals surface area contributed by atoms with Crippen molar-refractivity contribution in [2.75, 3.05) is 36.9 Å². The molecule has 0 aliphatic carbocycles. The largest absolute Gasteiger partial charge is 0.417 e. The second kappa shape index (κ2) is 9.51. The van der Waals surface area contributed by atoms with Gasteiger partial charge in [0.1, 0.15) is 5.82 Å². The van der Waals surface area contributed by atoms with Crippen LogP contribution in [0.3, 0.4) is 0 Å². The lowest BCUT2D eigenvalue weighted by Gasteiger charge is -2.34. The molecule has 2 aromatic rings. The molecule has 1 atom stereocenters. The number of carbonyl (C=O) groups excluding carboxylic acids is 2. The van der Waals surface area contributed by atoms with Crippen molar-refractivity contribution in [3.63, 3.8) is 0 Å². The highest BCUT2D eigenvalue weighted by atomic mass is 35.5. The first-order valence-electron chi connectivity index (χ1n) is 9.57. The van der Waals surface area contributed by atoms with Gasteiger partial charge in [-0.25, -0.2) is 4.98 Å². The summed E-state index contributed by atoms with van der Waals surface area (Å²) in [6.45, 7) is 0.921. The maximum atomic E-state index is 13.0. The Kier molecular flexibility index (Phi) is 6.99. The van der Waals surface area contributed by atoms with E-state index < -0.39 is 22.7 Å². The molecule has 1 aliphatic rings. The minimum absolute atomic E-state index is 0.0472. The maximum absolute atomic E-state index is 13.0. The Morgan fingerprint density at radius 2 is 2.10 bits per heavy atom. The Morgan fingerprint density at radius 1 is 1.32 bits per heavy atom. The van der Waals surface area contributed by atoms with E-state index in [0.717, 1.165) is 25.1 Å². The van der Waals surface area contributed by atoms with Gasteiger partial charge in [-0.05, 0) is 31.0 Å². The quantitative estimate of drug-likeness (QED) is 0.747. The third-order valence-electron chi connectivity index (χ3n) is 4.96. The number of likely N-dealkylation sites (N-methyl/N-ethyl adjacent to an activating group) is 1. The van der Waals surface area contributed by atoms with Crippen LogP contribution in [0.2, 0.25) is 5.02 Å². The summed E-state index contributed by atoms with van der Waals surface area (Å²) in [5.74, 6) is -0.451. The number of benzene rings is 1. The van der Waals surface area contributed by atoms with Crippen LogP contribution in [0, 0.1) is 5.92 Å². The van der Waals surface area contributed by atoms with Gasteiger partial charge in [-0.15, -0.1) is 0 Å². The number of anilines is 2. The van der Waals surface area contributed by atoms with Crippen molar-refractivity contribution in [3.05, 3.63) is 47.4 Å². The fourth-order valence-corrected chi connectivity index (χ4v) is 3.69. The summed E-state index contributed by atoms with van der Waals surface area (Å²) in [6, 6.07) is 3.11. The number of carbonyl (C=O) groups is 2. The fourth-order valence-electron chi connectivity index (χ4n) is 3.47. The van der Waals surface area contributed by atoms with Gasteiger partial charge in [-0.2, -0.15) is 13.2 Å². The fraction of sp³-hybridized carbons (Fsp3) is 0.400. The van der Waals surface area contributed by atoms with E-state index in [1.54, 1.807) is 18.6 Å². The molecule has 1 unspecified atom stereocenters. The lowest BCUT2D eigenvalue weighted by atomic mass is 9.96. The molecule has 31 heavy (non-hydrogen) atoms. The Labute approximate surface area is 182 Å². The Balaban J connectivity index is 1.59. The number of hydrogen-bond acceptors (Lipinski definition) is 5. The van der Waals surface area contributed by atoms with Crippen LogP contribution < -0.4 is 10.2 Å². The second-order valence-corrected chi connectivity index (χ2v) is 7.69. The molecular formula is C20H21ClF3N5O2. The zero-order valence-electron chi connectivity index (χ0n) is 16.7. The Morgan fingerprint density at radius 3 is 2.77 bits per heavy atom. The molecule has 0 radical (unpaired) electrons. The van der Waals surface area contributed by atoms with Gasteiger partial charge in [-0.3, -0.25) is 14.6 Å². The summed E-state index contributed by atoms with van der Waals surface area (Å²) >= 11 is 5.59. The summed E-state index contributed by atoms with van der Waals surface area (Å²) in [5, 5.41) is 1.93. The third-order valence-corrected chi connectivity index (χ3v) is 5.29. The van der Waals surface area contributed by atoms with Gasteiger partial charge in [0, 0.05) is 38.2 Å². The molecule has 11 heteroatoms. The lowest BCUT2D eigenvalue weighted by Crippen LogP contribution is -2.45. The molecule has 1 N–H and O–H groups in total. The molecule has 1 aromatic carbocycles. The van der Waals surface area contributed by atoms with E-state index in [0.29, 0.717) is 18.8 Å². The number of rotatable bonds is 5. The SMILES string of the molecule is CN(CC(=O)Nc1ccc(Cl)c(C(F)(F)F)c1)C(=O)C1CCCN(c2cnccn2)C1. The molecule has 2 amide bonds. The van der Waals surface area contributed by atoms with E-state index in [9.17, 15) is 22.8 Å². The van der Waals surface area contributed by atoms with Crippen LogP contribution in [0.25, 0.3) is 0 Å². The van der Waals surface area contributed by atoms with Crippen molar-refractivity contribution in [2.45, 2.75) is 19.0 Å². The standard InChI is InChI=1S/C20H21ClF3N5O2/c1-28(12-18(30)27-14-4-5-16(21)15(9-14)20(22,23)24)19(31)13-3-2-8-29(11-13)17-10-25-6-7-26-17/h4-7,9-10,13H,2-3,8,11-12H2,1H3,(H,27,30). The average Bonchev–Trinajstić information content (AvgIpc) is 2.74. The van der Waals surface area contributed by atoms with E-state index in [-0.39, 0.29) is 24.1 Å². The van der Waals surface area contributed by atoms with E-state index in [1.165, 1.54) is 18.0 Å². The van der Waals surface area contributed by atoms with Crippen LogP contribution in [0.1, 0.15) is 18.4 Å². The third kappa shape index (κ3) is 5.84. The Hall–Kier alpha value is -2.88. The first-order chi connectivity index (χ1) is 14.6.